The lowest BCUT2D eigenvalue weighted by atomic mass is 9.92. The summed E-state index contributed by atoms with van der Waals surface area (Å²) in [7, 11) is 0. The van der Waals surface area contributed by atoms with Crippen molar-refractivity contribution in [3.05, 3.63) is 0 Å². The van der Waals surface area contributed by atoms with Crippen molar-refractivity contribution in [3.63, 3.8) is 0 Å². The maximum atomic E-state index is 12.0. The predicted molar refractivity (Wildman–Crippen MR) is 31.6 cm³/mol. The Hall–Kier alpha value is -0.110. The van der Waals surface area contributed by atoms with E-state index in [4.69, 9.17) is 0 Å². The SMILES string of the molecule is CC1(CF)CCNC1. The molecule has 0 aromatic rings. The maximum absolute atomic E-state index is 12.0. The average Bonchev–Trinajstić information content (AvgIpc) is 2.17. The Morgan fingerprint density at radius 1 is 1.75 bits per heavy atom. The van der Waals surface area contributed by atoms with Crippen LogP contribution in [0.5, 0.6) is 0 Å². The fourth-order valence-electron chi connectivity index (χ4n) is 0.983. The summed E-state index contributed by atoms with van der Waals surface area (Å²) in [4.78, 5) is 0. The molecule has 48 valence electrons. The highest BCUT2D eigenvalue weighted by Gasteiger charge is 2.27. The van der Waals surface area contributed by atoms with Crippen molar-refractivity contribution in [2.24, 2.45) is 5.41 Å². The number of alkyl halides is 1. The molecule has 0 amide bonds. The van der Waals surface area contributed by atoms with Crippen LogP contribution in [0.2, 0.25) is 0 Å². The summed E-state index contributed by atoms with van der Waals surface area (Å²) in [5.41, 5.74) is -0.0417. The highest BCUT2D eigenvalue weighted by molar-refractivity contribution is 4.82. The number of halogens is 1. The summed E-state index contributed by atoms with van der Waals surface area (Å²) in [6.07, 6.45) is 0.990. The Balaban J connectivity index is 2.40. The average molecular weight is 117 g/mol. The molecule has 1 heterocycles. The van der Waals surface area contributed by atoms with Crippen molar-refractivity contribution in [3.8, 4) is 0 Å². The molecule has 1 fully saturated rings. The van der Waals surface area contributed by atoms with Gasteiger partial charge in [-0.05, 0) is 13.0 Å². The first-order valence-electron chi connectivity index (χ1n) is 3.04. The molecule has 1 unspecified atom stereocenters. The van der Waals surface area contributed by atoms with Gasteiger partial charge in [0.1, 0.15) is 0 Å². The van der Waals surface area contributed by atoms with Crippen LogP contribution in [0.25, 0.3) is 0 Å². The molecule has 0 aromatic carbocycles. The molecule has 0 radical (unpaired) electrons. The Labute approximate surface area is 49.3 Å². The minimum atomic E-state index is -0.181. The van der Waals surface area contributed by atoms with Crippen LogP contribution in [0.3, 0.4) is 0 Å². The second-order valence-electron chi connectivity index (χ2n) is 2.87. The molecular weight excluding hydrogens is 105 g/mol. The third-order valence-corrected chi connectivity index (χ3v) is 1.78. The van der Waals surface area contributed by atoms with Gasteiger partial charge in [0.2, 0.25) is 0 Å². The third kappa shape index (κ3) is 0.996. The van der Waals surface area contributed by atoms with E-state index in [2.05, 4.69) is 5.32 Å². The molecule has 0 aliphatic carbocycles. The molecule has 1 nitrogen and oxygen atoms in total. The highest BCUT2D eigenvalue weighted by atomic mass is 19.1. The van der Waals surface area contributed by atoms with Crippen molar-refractivity contribution >= 4 is 0 Å². The van der Waals surface area contributed by atoms with Gasteiger partial charge in [0.05, 0.1) is 6.67 Å². The Bertz CT molecular complexity index is 76.6. The Morgan fingerprint density at radius 3 is 2.75 bits per heavy atom. The van der Waals surface area contributed by atoms with Crippen molar-refractivity contribution < 1.29 is 4.39 Å². The van der Waals surface area contributed by atoms with E-state index in [1.807, 2.05) is 6.92 Å². The maximum Gasteiger partial charge on any atom is 0.0960 e. The van der Waals surface area contributed by atoms with E-state index in [0.29, 0.717) is 0 Å². The number of hydrogen-bond donors (Lipinski definition) is 1. The van der Waals surface area contributed by atoms with E-state index in [1.54, 1.807) is 0 Å². The topological polar surface area (TPSA) is 12.0 Å². The number of rotatable bonds is 1. The van der Waals surface area contributed by atoms with E-state index in [1.165, 1.54) is 0 Å². The minimum absolute atomic E-state index is 0.0417. The van der Waals surface area contributed by atoms with Crippen LogP contribution in [0.4, 0.5) is 4.39 Å². The van der Waals surface area contributed by atoms with Gasteiger partial charge in [-0.3, -0.25) is 4.39 Å². The fourth-order valence-corrected chi connectivity index (χ4v) is 0.983. The normalized spacial score (nSPS) is 38.2. The Morgan fingerprint density at radius 2 is 2.50 bits per heavy atom. The van der Waals surface area contributed by atoms with Crippen molar-refractivity contribution in [2.75, 3.05) is 19.8 Å². The fraction of sp³-hybridized carbons (Fsp3) is 1.00. The van der Waals surface area contributed by atoms with Crippen LogP contribution >= 0.6 is 0 Å². The molecule has 8 heavy (non-hydrogen) atoms. The quantitative estimate of drug-likeness (QED) is 0.539. The van der Waals surface area contributed by atoms with Gasteiger partial charge in [-0.15, -0.1) is 0 Å². The predicted octanol–water partition coefficient (Wildman–Crippen LogP) is 0.956. The van der Waals surface area contributed by atoms with Crippen LogP contribution in [-0.4, -0.2) is 19.8 Å². The van der Waals surface area contributed by atoms with Gasteiger partial charge in [0.25, 0.3) is 0 Å². The molecule has 1 aliphatic rings. The van der Waals surface area contributed by atoms with Gasteiger partial charge in [-0.25, -0.2) is 0 Å². The standard InChI is InChI=1S/C6H12FN/c1-6(4-7)2-3-8-5-6/h8H,2-5H2,1H3. The summed E-state index contributed by atoms with van der Waals surface area (Å²) in [5.74, 6) is 0. The van der Waals surface area contributed by atoms with Crippen LogP contribution in [0, 0.1) is 5.41 Å². The minimum Gasteiger partial charge on any atom is -0.316 e. The van der Waals surface area contributed by atoms with E-state index < -0.39 is 0 Å². The van der Waals surface area contributed by atoms with Gasteiger partial charge < -0.3 is 5.32 Å². The zero-order valence-corrected chi connectivity index (χ0v) is 5.21. The second kappa shape index (κ2) is 2.02. The van der Waals surface area contributed by atoms with E-state index >= 15 is 0 Å². The van der Waals surface area contributed by atoms with Gasteiger partial charge in [0, 0.05) is 12.0 Å². The van der Waals surface area contributed by atoms with Crippen LogP contribution in [0.15, 0.2) is 0 Å². The molecule has 2 heteroatoms. The lowest BCUT2D eigenvalue weighted by Gasteiger charge is -2.15. The molecular formula is C6H12FN. The molecule has 1 aliphatic heterocycles. The molecule has 0 bridgehead atoms. The summed E-state index contributed by atoms with van der Waals surface area (Å²) >= 11 is 0. The zero-order valence-electron chi connectivity index (χ0n) is 5.21. The van der Waals surface area contributed by atoms with E-state index in [0.717, 1.165) is 19.5 Å². The lowest BCUT2D eigenvalue weighted by Crippen LogP contribution is -2.21. The first kappa shape index (κ1) is 6.02. The van der Waals surface area contributed by atoms with Gasteiger partial charge >= 0.3 is 0 Å². The van der Waals surface area contributed by atoms with Crippen LogP contribution in [-0.2, 0) is 0 Å². The zero-order chi connectivity index (χ0) is 6.04. The highest BCUT2D eigenvalue weighted by Crippen LogP contribution is 2.23. The second-order valence-corrected chi connectivity index (χ2v) is 2.87. The summed E-state index contributed by atoms with van der Waals surface area (Å²) in [5, 5.41) is 3.12. The largest absolute Gasteiger partial charge is 0.316 e. The van der Waals surface area contributed by atoms with Gasteiger partial charge in [0.15, 0.2) is 0 Å². The van der Waals surface area contributed by atoms with Crippen LogP contribution in [0.1, 0.15) is 13.3 Å². The summed E-state index contributed by atoms with van der Waals surface area (Å²) in [6.45, 7) is 3.64. The molecule has 0 aromatic heterocycles. The molecule has 0 spiro atoms. The van der Waals surface area contributed by atoms with Gasteiger partial charge in [-0.1, -0.05) is 6.92 Å². The van der Waals surface area contributed by atoms with Crippen LogP contribution < -0.4 is 5.32 Å². The lowest BCUT2D eigenvalue weighted by molar-refractivity contribution is 0.257. The van der Waals surface area contributed by atoms with E-state index in [9.17, 15) is 4.39 Å². The first-order chi connectivity index (χ1) is 3.77. The van der Waals surface area contributed by atoms with Crippen molar-refractivity contribution in [1.29, 1.82) is 0 Å². The molecule has 1 N–H and O–H groups in total. The van der Waals surface area contributed by atoms with Crippen molar-refractivity contribution in [1.82, 2.24) is 5.32 Å². The smallest absolute Gasteiger partial charge is 0.0960 e. The Kier molecular flexibility index (Phi) is 1.52. The van der Waals surface area contributed by atoms with Gasteiger partial charge in [-0.2, -0.15) is 0 Å². The van der Waals surface area contributed by atoms with Crippen molar-refractivity contribution in [2.45, 2.75) is 13.3 Å². The summed E-state index contributed by atoms with van der Waals surface area (Å²) < 4.78 is 12.0. The summed E-state index contributed by atoms with van der Waals surface area (Å²) in [6, 6.07) is 0. The number of hydrogen-bond acceptors (Lipinski definition) is 1. The first-order valence-corrected chi connectivity index (χ1v) is 3.04. The molecule has 0 saturated carbocycles. The molecule has 1 atom stereocenters. The molecule has 1 saturated heterocycles. The molecule has 1 rings (SSSR count). The number of nitrogens with one attached hydrogen (secondary N) is 1. The monoisotopic (exact) mass is 117 g/mol. The van der Waals surface area contributed by atoms with E-state index in [-0.39, 0.29) is 12.1 Å². The third-order valence-electron chi connectivity index (χ3n) is 1.78.